The molecule has 71 heavy (non-hydrogen) atoms. The van der Waals surface area contributed by atoms with Gasteiger partial charge >= 0.3 is 6.03 Å². The molecule has 1 saturated heterocycles. The molecule has 382 valence electrons. The van der Waals surface area contributed by atoms with E-state index in [1.165, 1.54) is 25.5 Å². The van der Waals surface area contributed by atoms with Crippen molar-refractivity contribution < 1.29 is 43.2 Å². The third-order valence-corrected chi connectivity index (χ3v) is 11.6. The van der Waals surface area contributed by atoms with Crippen molar-refractivity contribution in [3.8, 4) is 0 Å². The number of nitrogens with two attached hydrogens (primary N) is 2. The minimum Gasteiger partial charge on any atom is -0.379 e. The number of primary amides is 1. The first-order valence-electron chi connectivity index (χ1n) is 22.4. The van der Waals surface area contributed by atoms with Gasteiger partial charge in [-0.05, 0) is 43.4 Å². The highest BCUT2D eigenvalue weighted by Crippen LogP contribution is 2.20. The summed E-state index contributed by atoms with van der Waals surface area (Å²) in [4.78, 5) is 129. The fourth-order valence-electron chi connectivity index (χ4n) is 7.19. The van der Waals surface area contributed by atoms with Crippen LogP contribution >= 0.6 is 25.3 Å². The quantitative estimate of drug-likeness (QED) is 0.0119. The molecule has 2 aromatic carbocycles. The van der Waals surface area contributed by atoms with Crippen LogP contribution in [-0.4, -0.2) is 149 Å². The fraction of sp³-hybridized carbons (Fsp3) is 0.400. The number of nitrogens with one attached hydrogen (secondary N) is 11. The number of aliphatic imine (C=N–C) groups is 1. The number of hydrogen-bond acceptors (Lipinski definition) is 13. The summed E-state index contributed by atoms with van der Waals surface area (Å²) >= 11 is 8.26. The lowest BCUT2D eigenvalue weighted by atomic mass is 10.0. The van der Waals surface area contributed by atoms with Crippen LogP contribution in [0.25, 0.3) is 10.9 Å². The Bertz CT molecular complexity index is 2440. The minimum atomic E-state index is -1.39. The molecule has 7 atom stereocenters. The molecule has 0 saturated carbocycles. The summed E-state index contributed by atoms with van der Waals surface area (Å²) in [5.41, 5.74) is 13.0. The van der Waals surface area contributed by atoms with Crippen molar-refractivity contribution in [2.45, 2.75) is 81.3 Å². The molecule has 0 radical (unpaired) electrons. The molecule has 0 spiro atoms. The molecule has 0 aliphatic carbocycles. The van der Waals surface area contributed by atoms with E-state index >= 15 is 0 Å². The number of H-pyrrole nitrogens is 1. The van der Waals surface area contributed by atoms with Gasteiger partial charge in [0.05, 0.1) is 12.9 Å². The third kappa shape index (κ3) is 17.1. The van der Waals surface area contributed by atoms with Gasteiger partial charge in [-0.25, -0.2) is 14.7 Å². The van der Waals surface area contributed by atoms with E-state index in [-0.39, 0.29) is 62.7 Å². The van der Waals surface area contributed by atoms with Crippen LogP contribution in [0.3, 0.4) is 0 Å². The number of urea groups is 1. The second-order valence-electron chi connectivity index (χ2n) is 16.2. The first-order valence-corrected chi connectivity index (χ1v) is 23.7. The van der Waals surface area contributed by atoms with Gasteiger partial charge in [0, 0.05) is 61.2 Å². The van der Waals surface area contributed by atoms with Crippen molar-refractivity contribution in [3.63, 3.8) is 0 Å². The van der Waals surface area contributed by atoms with E-state index in [9.17, 15) is 43.2 Å². The van der Waals surface area contributed by atoms with Crippen LogP contribution in [0.5, 0.6) is 0 Å². The van der Waals surface area contributed by atoms with Gasteiger partial charge < -0.3 is 64.3 Å². The van der Waals surface area contributed by atoms with E-state index in [0.29, 0.717) is 16.0 Å². The zero-order valence-electron chi connectivity index (χ0n) is 39.0. The number of carbonyl (C=O) groups excluding carboxylic acids is 9. The Labute approximate surface area is 420 Å². The Morgan fingerprint density at radius 2 is 1.38 bits per heavy atom. The molecule has 0 unspecified atom stereocenters. The predicted octanol–water partition coefficient (Wildman–Crippen LogP) is -2.44. The monoisotopic (exact) mass is 1020 g/mol. The highest BCUT2D eigenvalue weighted by Gasteiger charge is 2.39. The van der Waals surface area contributed by atoms with Gasteiger partial charge in [0.2, 0.25) is 41.4 Å². The largest absolute Gasteiger partial charge is 0.379 e. The third-order valence-electron chi connectivity index (χ3n) is 10.9. The van der Waals surface area contributed by atoms with Crippen LogP contribution in [0.15, 0.2) is 78.1 Å². The van der Waals surface area contributed by atoms with E-state index in [1.54, 1.807) is 49.6 Å². The normalized spacial score (nSPS) is 15.4. The summed E-state index contributed by atoms with van der Waals surface area (Å²) in [5.74, 6) is -7.18. The molecule has 10 amide bonds. The van der Waals surface area contributed by atoms with Crippen molar-refractivity contribution in [1.82, 2.24) is 57.7 Å². The number of aromatic amines is 1. The lowest BCUT2D eigenvalue weighted by Crippen LogP contribution is -2.60. The maximum Gasteiger partial charge on any atom is 0.325 e. The zero-order valence-corrected chi connectivity index (χ0v) is 40.8. The smallest absolute Gasteiger partial charge is 0.325 e. The average Bonchev–Trinajstić information content (AvgIpc) is 3.91. The van der Waals surface area contributed by atoms with Gasteiger partial charge in [-0.1, -0.05) is 54.6 Å². The second-order valence-corrected chi connectivity index (χ2v) is 16.9. The number of benzene rings is 2. The summed E-state index contributed by atoms with van der Waals surface area (Å²) in [6.45, 7) is 1.13. The molecular weight excluding hydrogens is 959 g/mol. The van der Waals surface area contributed by atoms with Crippen molar-refractivity contribution in [1.29, 1.82) is 5.41 Å². The molecule has 4 rings (SSSR count). The number of fused-ring (bicyclic) bond motifs is 1. The van der Waals surface area contributed by atoms with Gasteiger partial charge in [-0.15, -0.1) is 0 Å². The molecule has 0 bridgehead atoms. The predicted molar refractivity (Wildman–Crippen MR) is 271 cm³/mol. The maximum atomic E-state index is 14.5. The van der Waals surface area contributed by atoms with E-state index in [2.05, 4.69) is 83.1 Å². The minimum absolute atomic E-state index is 0.0588. The summed E-state index contributed by atoms with van der Waals surface area (Å²) in [7, 11) is 1.62. The highest BCUT2D eigenvalue weighted by molar-refractivity contribution is 7.80. The molecule has 15 N–H and O–H groups in total. The number of hydrogen-bond donors (Lipinski definition) is 15. The average molecular weight is 1020 g/mol. The molecule has 1 aliphatic rings. The number of imide groups is 1. The molecule has 1 aromatic heterocycles. The van der Waals surface area contributed by atoms with E-state index < -0.39 is 95.6 Å². The van der Waals surface area contributed by atoms with Gasteiger partial charge in [-0.3, -0.25) is 43.8 Å². The summed E-state index contributed by atoms with van der Waals surface area (Å²) in [6, 6.07) is 5.82. The maximum absolute atomic E-state index is 14.5. The number of thiol groups is 2. The van der Waals surface area contributed by atoms with Crippen molar-refractivity contribution in [2.75, 3.05) is 31.6 Å². The van der Waals surface area contributed by atoms with Gasteiger partial charge in [0.15, 0.2) is 5.96 Å². The van der Waals surface area contributed by atoms with Crippen LogP contribution in [0.4, 0.5) is 4.79 Å². The van der Waals surface area contributed by atoms with E-state index in [0.717, 1.165) is 10.9 Å². The second kappa shape index (κ2) is 28.2. The molecule has 26 heteroatoms. The summed E-state index contributed by atoms with van der Waals surface area (Å²) < 4.78 is 0. The zero-order chi connectivity index (χ0) is 52.0. The van der Waals surface area contributed by atoms with E-state index in [4.69, 9.17) is 16.9 Å². The van der Waals surface area contributed by atoms with Crippen LogP contribution in [0, 0.1) is 5.41 Å². The molecule has 1 fully saturated rings. The van der Waals surface area contributed by atoms with E-state index in [1.807, 2.05) is 18.2 Å². The number of rotatable bonds is 28. The Morgan fingerprint density at radius 3 is 2.00 bits per heavy atom. The van der Waals surface area contributed by atoms with Gasteiger partial charge in [0.25, 0.3) is 5.91 Å². The molecule has 3 aromatic rings. The standard InChI is InChI=1S/C45H61N15O9S2/c1-25(54-43(68)35(23-71)60-36(61)21-53-45(60)69)38(63)55-30(14-8-16-50-24-49-2)39(64)57-32(18-26-10-4-3-5-11-26)41(66)56-31(15-9-17-51-44(47)48)40(65)58-33(42(67)59-34(22-70)37(46)62)19-27-20-52-29-13-7-6-12-28(27)29/h3-8,10-13,16,20,24-25,30-35,52,70-71H,9,14-15,17-19,21-23H2,1-2H3,(H2,46,62)(H,49,50)(H,53,69)(H,54,68)(H,55,63)(H,56,66)(H,57,64)(H,58,65)(H,59,67)(H4,47,48,51)/b16-8+/t25-,30+,31+,32-,33+,34+,35+/m1/s1. The SMILES string of the molecule is CN/C=N\C=C\C[C@H](NC(=O)[C@@H](C)NC(=O)[C@H](CS)N1C(=O)CNC1=O)C(=O)N[C@H](Cc1ccccc1)C(=O)N[C@@H](CCCNC(=N)N)C(=O)N[C@@H](Cc1c[nH]c2ccccc12)C(=O)N[C@@H](CS)C(N)=O. The lowest BCUT2D eigenvalue weighted by molar-refractivity contribution is -0.136. The van der Waals surface area contributed by atoms with Crippen LogP contribution in [0.2, 0.25) is 0 Å². The molecular formula is C45H61N15O9S2. The van der Waals surface area contributed by atoms with Gasteiger partial charge in [-0.2, -0.15) is 25.3 Å². The Morgan fingerprint density at radius 1 is 0.775 bits per heavy atom. The van der Waals surface area contributed by atoms with Crippen LogP contribution < -0.4 is 59.3 Å². The van der Waals surface area contributed by atoms with Crippen molar-refractivity contribution in [3.05, 3.63) is 84.2 Å². The van der Waals surface area contributed by atoms with Gasteiger partial charge in [0.1, 0.15) is 42.3 Å². The Hall–Kier alpha value is -7.61. The Balaban J connectivity index is 1.63. The first kappa shape index (κ1) is 56.0. The van der Waals surface area contributed by atoms with Crippen molar-refractivity contribution >= 4 is 102 Å². The van der Waals surface area contributed by atoms with Crippen LogP contribution in [-0.2, 0) is 51.2 Å². The lowest BCUT2D eigenvalue weighted by Gasteiger charge is -2.27. The molecule has 2 heterocycles. The topological polar surface area (TPSA) is 369 Å². The number of guanidine groups is 1. The Kier molecular flexibility index (Phi) is 22.2. The number of nitrogens with zero attached hydrogens (tertiary/aromatic N) is 2. The molecule has 1 aliphatic heterocycles. The first-order chi connectivity index (χ1) is 34.0. The summed E-state index contributed by atoms with van der Waals surface area (Å²) in [5, 5.41) is 31.8. The summed E-state index contributed by atoms with van der Waals surface area (Å²) in [6.07, 6.45) is 5.67. The number of amides is 10. The van der Waals surface area contributed by atoms with Crippen LogP contribution in [0.1, 0.15) is 37.3 Å². The van der Waals surface area contributed by atoms with Crippen molar-refractivity contribution in [2.24, 2.45) is 16.5 Å². The number of para-hydroxylation sites is 1. The number of carbonyl (C=O) groups is 9. The highest BCUT2D eigenvalue weighted by atomic mass is 32.1. The fourth-order valence-corrected chi connectivity index (χ4v) is 7.79. The molecule has 24 nitrogen and oxygen atoms in total. The number of aromatic nitrogens is 1.